The lowest BCUT2D eigenvalue weighted by molar-refractivity contribution is -0.128. The van der Waals surface area contributed by atoms with Gasteiger partial charge in [0.25, 0.3) is 0 Å². The summed E-state index contributed by atoms with van der Waals surface area (Å²) in [6.45, 7) is 13.5. The number of nitrogens with zero attached hydrogens (tertiary/aromatic N) is 1. The van der Waals surface area contributed by atoms with E-state index < -0.39 is 0 Å². The molecule has 3 nitrogen and oxygen atoms in total. The number of hydrogen-bond donors (Lipinski definition) is 1. The van der Waals surface area contributed by atoms with Crippen LogP contribution in [0.5, 0.6) is 0 Å². The summed E-state index contributed by atoms with van der Waals surface area (Å²) in [5, 5.41) is 3.25. The molecule has 3 heteroatoms. The molecule has 1 aromatic rings. The molecule has 0 aliphatic carbocycles. The lowest BCUT2D eigenvalue weighted by Gasteiger charge is -2.22. The summed E-state index contributed by atoms with van der Waals surface area (Å²) < 4.78 is 0. The van der Waals surface area contributed by atoms with Crippen molar-refractivity contribution in [2.75, 3.05) is 25.0 Å². The Bertz CT molecular complexity index is 446. The second-order valence-corrected chi connectivity index (χ2v) is 4.99. The fourth-order valence-electron chi connectivity index (χ4n) is 2.07. The van der Waals surface area contributed by atoms with Gasteiger partial charge in [-0.05, 0) is 38.8 Å². The van der Waals surface area contributed by atoms with Crippen molar-refractivity contribution in [3.05, 3.63) is 41.5 Å². The van der Waals surface area contributed by atoms with E-state index in [1.54, 1.807) is 0 Å². The quantitative estimate of drug-likeness (QED) is 0.797. The molecular weight excluding hydrogens is 236 g/mol. The third-order valence-corrected chi connectivity index (χ3v) is 3.09. The molecule has 0 atom stereocenters. The van der Waals surface area contributed by atoms with E-state index in [-0.39, 0.29) is 5.91 Å². The standard InChI is InChI=1S/C16H24N2O/c1-6-18(11-12(2)3)15(19)10-17-16-13(4)8-7-9-14(16)5/h7-9,17H,2,6,10-11H2,1,3-5H3. The normalized spacial score (nSPS) is 10.1. The SMILES string of the molecule is C=C(C)CN(CC)C(=O)CNc1c(C)cccc1C. The Balaban J connectivity index is 2.65. The van der Waals surface area contributed by atoms with Gasteiger partial charge in [-0.1, -0.05) is 30.4 Å². The fourth-order valence-corrected chi connectivity index (χ4v) is 2.07. The van der Waals surface area contributed by atoms with Crippen molar-refractivity contribution >= 4 is 11.6 Å². The Hall–Kier alpha value is -1.77. The second kappa shape index (κ2) is 6.98. The maximum absolute atomic E-state index is 12.1. The number of aryl methyl sites for hydroxylation is 2. The van der Waals surface area contributed by atoms with Gasteiger partial charge in [0, 0.05) is 18.8 Å². The molecule has 0 aliphatic heterocycles. The zero-order valence-corrected chi connectivity index (χ0v) is 12.4. The minimum Gasteiger partial charge on any atom is -0.376 e. The maximum atomic E-state index is 12.1. The van der Waals surface area contributed by atoms with Gasteiger partial charge in [-0.15, -0.1) is 0 Å². The Labute approximate surface area is 116 Å². The molecule has 0 fully saturated rings. The first-order valence-electron chi connectivity index (χ1n) is 6.68. The summed E-state index contributed by atoms with van der Waals surface area (Å²) in [4.78, 5) is 13.9. The number of carbonyl (C=O) groups excluding carboxylic acids is 1. The van der Waals surface area contributed by atoms with Crippen LogP contribution in [0, 0.1) is 13.8 Å². The van der Waals surface area contributed by atoms with Gasteiger partial charge in [0.2, 0.25) is 5.91 Å². The van der Waals surface area contributed by atoms with E-state index in [2.05, 4.69) is 11.9 Å². The van der Waals surface area contributed by atoms with Gasteiger partial charge in [0.05, 0.1) is 6.54 Å². The third-order valence-electron chi connectivity index (χ3n) is 3.09. The van der Waals surface area contributed by atoms with Crippen molar-refractivity contribution in [2.45, 2.75) is 27.7 Å². The highest BCUT2D eigenvalue weighted by Gasteiger charge is 2.12. The smallest absolute Gasteiger partial charge is 0.242 e. The minimum atomic E-state index is 0.105. The van der Waals surface area contributed by atoms with E-state index in [1.165, 1.54) is 0 Å². The number of nitrogens with one attached hydrogen (secondary N) is 1. The molecule has 1 amide bonds. The van der Waals surface area contributed by atoms with Crippen LogP contribution in [-0.4, -0.2) is 30.4 Å². The zero-order valence-electron chi connectivity index (χ0n) is 12.4. The van der Waals surface area contributed by atoms with Gasteiger partial charge in [0.1, 0.15) is 0 Å². The molecule has 1 N–H and O–H groups in total. The van der Waals surface area contributed by atoms with E-state index >= 15 is 0 Å². The lowest BCUT2D eigenvalue weighted by atomic mass is 10.1. The highest BCUT2D eigenvalue weighted by Crippen LogP contribution is 2.19. The van der Waals surface area contributed by atoms with Gasteiger partial charge in [0.15, 0.2) is 0 Å². The molecule has 19 heavy (non-hydrogen) atoms. The Morgan fingerprint density at radius 2 is 1.89 bits per heavy atom. The van der Waals surface area contributed by atoms with Gasteiger partial charge < -0.3 is 10.2 Å². The Morgan fingerprint density at radius 3 is 2.37 bits per heavy atom. The van der Waals surface area contributed by atoms with E-state index in [1.807, 2.05) is 50.8 Å². The molecule has 0 unspecified atom stereocenters. The van der Waals surface area contributed by atoms with Crippen LogP contribution in [0.4, 0.5) is 5.69 Å². The first-order valence-corrected chi connectivity index (χ1v) is 6.68. The number of likely N-dealkylation sites (N-methyl/N-ethyl adjacent to an activating group) is 1. The largest absolute Gasteiger partial charge is 0.376 e. The van der Waals surface area contributed by atoms with E-state index in [0.717, 1.165) is 22.4 Å². The fraction of sp³-hybridized carbons (Fsp3) is 0.438. The molecule has 0 aliphatic rings. The van der Waals surface area contributed by atoms with Crippen LogP contribution in [0.15, 0.2) is 30.4 Å². The highest BCUT2D eigenvalue weighted by molar-refractivity contribution is 5.81. The molecule has 0 saturated heterocycles. The molecule has 0 saturated carbocycles. The van der Waals surface area contributed by atoms with Crippen molar-refractivity contribution in [2.24, 2.45) is 0 Å². The van der Waals surface area contributed by atoms with Crippen molar-refractivity contribution in [1.29, 1.82) is 0 Å². The van der Waals surface area contributed by atoms with Gasteiger partial charge in [-0.2, -0.15) is 0 Å². The average molecular weight is 260 g/mol. The summed E-state index contributed by atoms with van der Waals surface area (Å²) in [5.41, 5.74) is 4.39. The first-order chi connectivity index (χ1) is 8.95. The number of amides is 1. The summed E-state index contributed by atoms with van der Waals surface area (Å²) in [6.07, 6.45) is 0. The van der Waals surface area contributed by atoms with Crippen LogP contribution < -0.4 is 5.32 Å². The van der Waals surface area contributed by atoms with Crippen LogP contribution in [0.3, 0.4) is 0 Å². The van der Waals surface area contributed by atoms with Crippen molar-refractivity contribution < 1.29 is 4.79 Å². The van der Waals surface area contributed by atoms with Crippen molar-refractivity contribution in [3.8, 4) is 0 Å². The predicted molar refractivity (Wildman–Crippen MR) is 81.5 cm³/mol. The van der Waals surface area contributed by atoms with E-state index in [9.17, 15) is 4.79 Å². The molecular formula is C16H24N2O. The van der Waals surface area contributed by atoms with Crippen LogP contribution in [0.25, 0.3) is 0 Å². The third kappa shape index (κ3) is 4.43. The Morgan fingerprint density at radius 1 is 1.32 bits per heavy atom. The second-order valence-electron chi connectivity index (χ2n) is 4.99. The van der Waals surface area contributed by atoms with E-state index in [0.29, 0.717) is 19.6 Å². The van der Waals surface area contributed by atoms with Crippen LogP contribution in [0.1, 0.15) is 25.0 Å². The number of benzene rings is 1. The Kier molecular flexibility index (Phi) is 5.61. The van der Waals surface area contributed by atoms with Gasteiger partial charge in [-0.25, -0.2) is 0 Å². The number of carbonyl (C=O) groups is 1. The number of rotatable bonds is 6. The molecule has 0 aromatic heterocycles. The van der Waals surface area contributed by atoms with E-state index in [4.69, 9.17) is 0 Å². The molecule has 0 spiro atoms. The van der Waals surface area contributed by atoms with Crippen molar-refractivity contribution in [3.63, 3.8) is 0 Å². The lowest BCUT2D eigenvalue weighted by Crippen LogP contribution is -2.36. The first kappa shape index (κ1) is 15.3. The number of hydrogen-bond acceptors (Lipinski definition) is 2. The van der Waals surface area contributed by atoms with Crippen LogP contribution in [0.2, 0.25) is 0 Å². The molecule has 0 heterocycles. The molecule has 0 bridgehead atoms. The molecule has 0 radical (unpaired) electrons. The summed E-state index contributed by atoms with van der Waals surface area (Å²) in [6, 6.07) is 6.12. The average Bonchev–Trinajstić information content (AvgIpc) is 2.34. The highest BCUT2D eigenvalue weighted by atomic mass is 16.2. The van der Waals surface area contributed by atoms with Crippen LogP contribution >= 0.6 is 0 Å². The summed E-state index contributed by atoms with van der Waals surface area (Å²) in [5.74, 6) is 0.105. The minimum absolute atomic E-state index is 0.105. The summed E-state index contributed by atoms with van der Waals surface area (Å²) >= 11 is 0. The molecule has 1 rings (SSSR count). The predicted octanol–water partition coefficient (Wildman–Crippen LogP) is 3.14. The van der Waals surface area contributed by atoms with Crippen molar-refractivity contribution in [1.82, 2.24) is 4.90 Å². The monoisotopic (exact) mass is 260 g/mol. The number of anilines is 1. The van der Waals surface area contributed by atoms with Gasteiger partial charge >= 0.3 is 0 Å². The molecule has 1 aromatic carbocycles. The topological polar surface area (TPSA) is 32.3 Å². The summed E-state index contributed by atoms with van der Waals surface area (Å²) in [7, 11) is 0. The number of para-hydroxylation sites is 1. The van der Waals surface area contributed by atoms with Gasteiger partial charge in [-0.3, -0.25) is 4.79 Å². The zero-order chi connectivity index (χ0) is 14.4. The maximum Gasteiger partial charge on any atom is 0.242 e. The molecule has 104 valence electrons. The van der Waals surface area contributed by atoms with Crippen LogP contribution in [-0.2, 0) is 4.79 Å².